The van der Waals surface area contributed by atoms with Crippen molar-refractivity contribution >= 4 is 50.5 Å². The Morgan fingerprint density at radius 1 is 0.690 bits per heavy atom. The van der Waals surface area contributed by atoms with Gasteiger partial charge in [0, 0.05) is 22.0 Å². The van der Waals surface area contributed by atoms with Crippen LogP contribution in [0.2, 0.25) is 0 Å². The van der Waals surface area contributed by atoms with Gasteiger partial charge in [-0.3, -0.25) is 0 Å². The molecule has 8 rings (SSSR count). The molecule has 0 unspecified atom stereocenters. The number of rotatable bonds is 3. The summed E-state index contributed by atoms with van der Waals surface area (Å²) >= 11 is 0. The zero-order chi connectivity index (χ0) is 28.5. The highest BCUT2D eigenvalue weighted by Gasteiger charge is 2.36. The van der Waals surface area contributed by atoms with Crippen LogP contribution in [0.4, 0.5) is 0 Å². The Labute approximate surface area is 248 Å². The van der Waals surface area contributed by atoms with Crippen LogP contribution in [0.5, 0.6) is 0 Å². The van der Waals surface area contributed by atoms with Gasteiger partial charge in [0.25, 0.3) is 0 Å². The lowest BCUT2D eigenvalue weighted by molar-refractivity contribution is 1.03. The van der Waals surface area contributed by atoms with Crippen molar-refractivity contribution in [1.29, 1.82) is 0 Å². The van der Waals surface area contributed by atoms with Crippen LogP contribution in [0.1, 0.15) is 42.0 Å². The van der Waals surface area contributed by atoms with Crippen molar-refractivity contribution < 1.29 is 0 Å². The molecule has 2 heteroatoms. The molecule has 6 aromatic rings. The van der Waals surface area contributed by atoms with Gasteiger partial charge in [0.15, 0.2) is 0 Å². The molecule has 0 bridgehead atoms. The van der Waals surface area contributed by atoms with E-state index < -0.39 is 0 Å². The summed E-state index contributed by atoms with van der Waals surface area (Å²) in [5, 5.41) is 2.65. The fourth-order valence-electron chi connectivity index (χ4n) is 7.69. The van der Waals surface area contributed by atoms with Gasteiger partial charge in [0.05, 0.1) is 5.52 Å². The van der Waals surface area contributed by atoms with E-state index >= 15 is 0 Å². The average Bonchev–Trinajstić information content (AvgIpc) is 3.35. The molecule has 1 nitrogen and oxygen atoms in total. The first-order valence-electron chi connectivity index (χ1n) is 15.2. The Bertz CT molecular complexity index is 2120. The summed E-state index contributed by atoms with van der Waals surface area (Å²) in [7, 11) is 0. The number of aryl methyl sites for hydroxylation is 2. The normalized spacial score (nSPS) is 14.2. The second-order valence-electron chi connectivity index (χ2n) is 12.2. The van der Waals surface area contributed by atoms with Crippen molar-refractivity contribution in [1.82, 2.24) is 4.57 Å². The molecule has 202 valence electrons. The molecular formula is C40H34BN. The number of hydrogen-bond acceptors (Lipinski definition) is 0. The van der Waals surface area contributed by atoms with E-state index in [1.54, 1.807) is 0 Å². The number of aromatic nitrogens is 1. The van der Waals surface area contributed by atoms with Gasteiger partial charge in [-0.2, -0.15) is 0 Å². The van der Waals surface area contributed by atoms with Crippen LogP contribution in [-0.4, -0.2) is 11.3 Å². The third-order valence-electron chi connectivity index (χ3n) is 9.73. The molecule has 0 spiro atoms. The maximum absolute atomic E-state index is 2.55. The second kappa shape index (κ2) is 9.49. The predicted octanol–water partition coefficient (Wildman–Crippen LogP) is 8.33. The van der Waals surface area contributed by atoms with Gasteiger partial charge >= 0.3 is 0 Å². The van der Waals surface area contributed by atoms with Crippen LogP contribution >= 0.6 is 0 Å². The van der Waals surface area contributed by atoms with E-state index in [1.165, 1.54) is 88.4 Å². The molecule has 0 N–H and O–H groups in total. The van der Waals surface area contributed by atoms with Crippen LogP contribution in [-0.2, 0) is 0 Å². The summed E-state index contributed by atoms with van der Waals surface area (Å²) < 4.78 is 2.55. The monoisotopic (exact) mass is 539 g/mol. The van der Waals surface area contributed by atoms with Crippen LogP contribution in [0.25, 0.3) is 44.2 Å². The molecule has 0 saturated heterocycles. The third-order valence-corrected chi connectivity index (χ3v) is 9.73. The van der Waals surface area contributed by atoms with Crippen molar-refractivity contribution in [2.45, 2.75) is 40.5 Å². The molecular weight excluding hydrogens is 505 g/mol. The average molecular weight is 540 g/mol. The highest BCUT2D eigenvalue weighted by molar-refractivity contribution is 6.98. The largest absolute Gasteiger partial charge is 0.310 e. The number of nitrogens with zero attached hydrogens (tertiary/aromatic N) is 1. The van der Waals surface area contributed by atoms with Crippen LogP contribution in [0.3, 0.4) is 0 Å². The lowest BCUT2D eigenvalue weighted by Gasteiger charge is -2.31. The Balaban J connectivity index is 1.47. The maximum Gasteiger partial charge on any atom is 0.247 e. The minimum Gasteiger partial charge on any atom is -0.310 e. The first kappa shape index (κ1) is 25.2. The number of hydrogen-bond donors (Lipinski definition) is 0. The standard InChI is InChI=1S/C40H34BN/c1-25-19-21-29(22-20-25)30-23-27(3)39-38(24-30)42-37-18-8-7-13-33(37)34-15-10-17-36(40(34)42)41(39)35-16-9-14-32(28(35)4)31-12-6-5-11-26(31)2/h5,7-11,13-24H,6,12H2,1-4H3. The Morgan fingerprint density at radius 3 is 2.29 bits per heavy atom. The number of allylic oxidation sites excluding steroid dienone is 4. The van der Waals surface area contributed by atoms with E-state index in [0.29, 0.717) is 0 Å². The molecule has 42 heavy (non-hydrogen) atoms. The zero-order valence-electron chi connectivity index (χ0n) is 24.8. The second-order valence-corrected chi connectivity index (χ2v) is 12.2. The lowest BCUT2D eigenvalue weighted by atomic mass is 9.34. The Kier molecular flexibility index (Phi) is 5.69. The lowest BCUT2D eigenvalue weighted by Crippen LogP contribution is -2.57. The van der Waals surface area contributed by atoms with Crippen LogP contribution in [0.15, 0.2) is 115 Å². The topological polar surface area (TPSA) is 4.93 Å². The van der Waals surface area contributed by atoms with Gasteiger partial charge in [-0.15, -0.1) is 0 Å². The summed E-state index contributed by atoms with van der Waals surface area (Å²) in [5.74, 6) is 0. The van der Waals surface area contributed by atoms with Crippen molar-refractivity contribution in [3.05, 3.63) is 137 Å². The van der Waals surface area contributed by atoms with Gasteiger partial charge in [-0.05, 0) is 97.0 Å². The van der Waals surface area contributed by atoms with Gasteiger partial charge in [0.2, 0.25) is 6.71 Å². The first-order chi connectivity index (χ1) is 20.5. The van der Waals surface area contributed by atoms with Crippen LogP contribution < -0.4 is 16.4 Å². The van der Waals surface area contributed by atoms with Crippen LogP contribution in [0, 0.1) is 20.8 Å². The van der Waals surface area contributed by atoms with Gasteiger partial charge in [0.1, 0.15) is 0 Å². The molecule has 1 aliphatic carbocycles. The molecule has 0 radical (unpaired) electrons. The minimum absolute atomic E-state index is 0.160. The van der Waals surface area contributed by atoms with Gasteiger partial charge < -0.3 is 4.57 Å². The predicted molar refractivity (Wildman–Crippen MR) is 182 cm³/mol. The molecule has 1 aliphatic heterocycles. The highest BCUT2D eigenvalue weighted by atomic mass is 15.0. The molecule has 0 fully saturated rings. The molecule has 5 aromatic carbocycles. The molecule has 2 heterocycles. The molecule has 1 aromatic heterocycles. The first-order valence-corrected chi connectivity index (χ1v) is 15.2. The minimum atomic E-state index is 0.160. The smallest absolute Gasteiger partial charge is 0.247 e. The van der Waals surface area contributed by atoms with Crippen molar-refractivity contribution in [2.75, 3.05) is 0 Å². The van der Waals surface area contributed by atoms with E-state index in [4.69, 9.17) is 0 Å². The van der Waals surface area contributed by atoms with E-state index in [0.717, 1.165) is 12.8 Å². The molecule has 2 aliphatic rings. The summed E-state index contributed by atoms with van der Waals surface area (Å²) in [5.41, 5.74) is 19.0. The third kappa shape index (κ3) is 3.64. The summed E-state index contributed by atoms with van der Waals surface area (Å²) in [6.07, 6.45) is 6.83. The molecule has 0 saturated carbocycles. The quantitative estimate of drug-likeness (QED) is 0.199. The molecule has 0 atom stereocenters. The number of fused-ring (bicyclic) bond motifs is 5. The Hall–Kier alpha value is -4.56. The Morgan fingerprint density at radius 2 is 1.45 bits per heavy atom. The highest BCUT2D eigenvalue weighted by Crippen LogP contribution is 2.36. The number of benzene rings is 5. The summed E-state index contributed by atoms with van der Waals surface area (Å²) in [6, 6.07) is 36.7. The fraction of sp³-hybridized carbons (Fsp3) is 0.150. The fourth-order valence-corrected chi connectivity index (χ4v) is 7.69. The van der Waals surface area contributed by atoms with Gasteiger partial charge in [-0.1, -0.05) is 114 Å². The summed E-state index contributed by atoms with van der Waals surface area (Å²) in [6.45, 7) is 9.25. The van der Waals surface area contributed by atoms with Crippen molar-refractivity contribution in [3.8, 4) is 16.8 Å². The summed E-state index contributed by atoms with van der Waals surface area (Å²) in [4.78, 5) is 0. The van der Waals surface area contributed by atoms with Crippen molar-refractivity contribution in [3.63, 3.8) is 0 Å². The molecule has 0 amide bonds. The maximum atomic E-state index is 2.55. The SMILES string of the molecule is CC1=C(c2cccc(B3c4c(C)cc(-c5ccc(C)cc5)cc4-n4c5ccccc5c5cccc3c54)c2C)CCC=C1. The van der Waals surface area contributed by atoms with E-state index in [-0.39, 0.29) is 6.71 Å². The van der Waals surface area contributed by atoms with Crippen molar-refractivity contribution in [2.24, 2.45) is 0 Å². The van der Waals surface area contributed by atoms with E-state index in [2.05, 4.69) is 141 Å². The van der Waals surface area contributed by atoms with E-state index in [1.807, 2.05) is 0 Å². The van der Waals surface area contributed by atoms with E-state index in [9.17, 15) is 0 Å². The zero-order valence-corrected chi connectivity index (χ0v) is 24.8. The number of para-hydroxylation sites is 2. The van der Waals surface area contributed by atoms with Gasteiger partial charge in [-0.25, -0.2) is 0 Å².